The molecule has 0 bridgehead atoms. The van der Waals surface area contributed by atoms with Crippen LogP contribution >= 0.6 is 24.0 Å². The number of hydrogen-bond donors (Lipinski definition) is 0. The van der Waals surface area contributed by atoms with E-state index in [4.69, 9.17) is 21.7 Å². The molecule has 0 unspecified atom stereocenters. The van der Waals surface area contributed by atoms with E-state index in [0.717, 1.165) is 18.4 Å². The molecule has 2 aliphatic heterocycles. The van der Waals surface area contributed by atoms with Gasteiger partial charge in [0.25, 0.3) is 11.5 Å². The van der Waals surface area contributed by atoms with Gasteiger partial charge in [-0.3, -0.25) is 18.9 Å². The fourth-order valence-corrected chi connectivity index (χ4v) is 5.04. The van der Waals surface area contributed by atoms with Gasteiger partial charge in [-0.2, -0.15) is 4.98 Å². The molecule has 5 rings (SSSR count). The zero-order chi connectivity index (χ0) is 22.9. The summed E-state index contributed by atoms with van der Waals surface area (Å²) in [6.07, 6.45) is 5.04. The Hall–Kier alpha value is -3.01. The molecule has 0 spiro atoms. The van der Waals surface area contributed by atoms with Crippen LogP contribution in [0, 0.1) is 6.92 Å². The van der Waals surface area contributed by atoms with Crippen LogP contribution in [0.15, 0.2) is 58.4 Å². The largest absolute Gasteiger partial charge is 0.438 e. The number of aromatic nitrogens is 2. The number of carbonyl (C=O) groups is 1. The van der Waals surface area contributed by atoms with Gasteiger partial charge in [0.05, 0.1) is 17.6 Å². The zero-order valence-corrected chi connectivity index (χ0v) is 19.5. The summed E-state index contributed by atoms with van der Waals surface area (Å²) in [6, 6.07) is 12.7. The Kier molecular flexibility index (Phi) is 6.01. The van der Waals surface area contributed by atoms with Gasteiger partial charge in [-0.1, -0.05) is 47.7 Å². The lowest BCUT2D eigenvalue weighted by molar-refractivity contribution is -0.123. The first-order valence-corrected chi connectivity index (χ1v) is 11.8. The van der Waals surface area contributed by atoms with Crippen molar-refractivity contribution < 1.29 is 14.3 Å². The molecule has 1 atom stereocenters. The number of thiocarbonyl (C=S) groups is 1. The van der Waals surface area contributed by atoms with Gasteiger partial charge in [0.15, 0.2) is 0 Å². The Morgan fingerprint density at radius 2 is 2.06 bits per heavy atom. The minimum absolute atomic E-state index is 0.0137. The molecular weight excluding hydrogens is 458 g/mol. The smallest absolute Gasteiger partial charge is 0.269 e. The summed E-state index contributed by atoms with van der Waals surface area (Å²) in [5.74, 6) is 0.451. The van der Waals surface area contributed by atoms with Crippen molar-refractivity contribution in [1.82, 2.24) is 14.3 Å². The van der Waals surface area contributed by atoms with Gasteiger partial charge in [0.1, 0.15) is 21.3 Å². The third-order valence-electron chi connectivity index (χ3n) is 5.53. The fraction of sp³-hybridized carbons (Fsp3) is 0.250. The highest BCUT2D eigenvalue weighted by molar-refractivity contribution is 8.26. The standard InChI is InChI=1S/C24H21N3O4S2/c1-15-7-9-16(10-8-15)31-21-18(22(28)26-11-3-2-6-20(26)25-21)13-19-23(29)27(24(32)33-19)14-17-5-4-12-30-17/h2-3,6-11,13,17H,4-5,12,14H2,1H3/b19-13-/t17-/m0/s1. The molecule has 9 heteroatoms. The van der Waals surface area contributed by atoms with Crippen molar-refractivity contribution >= 4 is 45.9 Å². The number of carbonyl (C=O) groups excluding carboxylic acids is 1. The van der Waals surface area contributed by atoms with Crippen LogP contribution in [0.3, 0.4) is 0 Å². The Bertz CT molecular complexity index is 1330. The Morgan fingerprint density at radius 1 is 1.24 bits per heavy atom. The molecule has 1 amide bonds. The zero-order valence-electron chi connectivity index (χ0n) is 17.9. The minimum atomic E-state index is -0.327. The number of rotatable bonds is 5. The molecule has 7 nitrogen and oxygen atoms in total. The van der Waals surface area contributed by atoms with Crippen LogP contribution in [0.2, 0.25) is 0 Å². The Morgan fingerprint density at radius 3 is 2.82 bits per heavy atom. The normalized spacial score (nSPS) is 19.7. The van der Waals surface area contributed by atoms with Gasteiger partial charge in [-0.15, -0.1) is 0 Å². The number of amides is 1. The van der Waals surface area contributed by atoms with Crippen molar-refractivity contribution in [3.05, 3.63) is 75.0 Å². The summed E-state index contributed by atoms with van der Waals surface area (Å²) >= 11 is 6.62. The van der Waals surface area contributed by atoms with Crippen molar-refractivity contribution in [2.75, 3.05) is 13.2 Å². The number of nitrogens with zero attached hydrogens (tertiary/aromatic N) is 3. The molecular formula is C24H21N3O4S2. The summed E-state index contributed by atoms with van der Waals surface area (Å²) in [7, 11) is 0. The first-order valence-electron chi connectivity index (χ1n) is 10.6. The maximum Gasteiger partial charge on any atom is 0.269 e. The predicted octanol–water partition coefficient (Wildman–Crippen LogP) is 4.18. The summed E-state index contributed by atoms with van der Waals surface area (Å²) in [6.45, 7) is 3.10. The Labute approximate surface area is 200 Å². The minimum Gasteiger partial charge on any atom is -0.438 e. The lowest BCUT2D eigenvalue weighted by Crippen LogP contribution is -2.35. The van der Waals surface area contributed by atoms with Crippen molar-refractivity contribution in [2.24, 2.45) is 0 Å². The first kappa shape index (κ1) is 21.8. The van der Waals surface area contributed by atoms with Crippen LogP contribution in [-0.2, 0) is 9.53 Å². The van der Waals surface area contributed by atoms with Gasteiger partial charge in [0, 0.05) is 12.8 Å². The third kappa shape index (κ3) is 4.44. The number of thioether (sulfide) groups is 1. The van der Waals surface area contributed by atoms with Gasteiger partial charge in [-0.25, -0.2) is 0 Å². The molecule has 1 aromatic carbocycles. The second-order valence-electron chi connectivity index (χ2n) is 7.91. The quantitative estimate of drug-likeness (QED) is 0.402. The maximum atomic E-state index is 13.3. The van der Waals surface area contributed by atoms with Crippen molar-refractivity contribution in [1.29, 1.82) is 0 Å². The van der Waals surface area contributed by atoms with E-state index in [-0.39, 0.29) is 29.0 Å². The highest BCUT2D eigenvalue weighted by Gasteiger charge is 2.35. The summed E-state index contributed by atoms with van der Waals surface area (Å²) < 4.78 is 13.6. The van der Waals surface area contributed by atoms with Crippen LogP contribution in [0.4, 0.5) is 0 Å². The lowest BCUT2D eigenvalue weighted by Gasteiger charge is -2.18. The number of fused-ring (bicyclic) bond motifs is 1. The molecule has 168 valence electrons. The third-order valence-corrected chi connectivity index (χ3v) is 6.91. The average Bonchev–Trinajstić information content (AvgIpc) is 3.42. The number of aryl methyl sites for hydroxylation is 1. The molecule has 2 fully saturated rings. The summed E-state index contributed by atoms with van der Waals surface area (Å²) in [4.78, 5) is 32.9. The van der Waals surface area contributed by atoms with E-state index in [0.29, 0.717) is 33.8 Å². The molecule has 0 N–H and O–H groups in total. The topological polar surface area (TPSA) is 73.1 Å². The molecule has 3 aromatic rings. The van der Waals surface area contributed by atoms with E-state index in [1.54, 1.807) is 29.3 Å². The fourth-order valence-electron chi connectivity index (χ4n) is 3.78. The molecule has 33 heavy (non-hydrogen) atoms. The second-order valence-corrected chi connectivity index (χ2v) is 9.58. The highest BCUT2D eigenvalue weighted by atomic mass is 32.2. The van der Waals surface area contributed by atoms with E-state index < -0.39 is 0 Å². The molecule has 0 aliphatic carbocycles. The van der Waals surface area contributed by atoms with E-state index in [1.165, 1.54) is 22.2 Å². The first-order chi connectivity index (χ1) is 16.0. The molecule has 0 saturated carbocycles. The van der Waals surface area contributed by atoms with E-state index in [2.05, 4.69) is 4.98 Å². The van der Waals surface area contributed by atoms with Crippen LogP contribution in [0.25, 0.3) is 11.7 Å². The molecule has 2 aliphatic rings. The molecule has 0 radical (unpaired) electrons. The van der Waals surface area contributed by atoms with E-state index in [9.17, 15) is 9.59 Å². The Balaban J connectivity index is 1.54. The van der Waals surface area contributed by atoms with Crippen molar-refractivity contribution in [3.8, 4) is 11.6 Å². The van der Waals surface area contributed by atoms with Crippen LogP contribution in [-0.4, -0.2) is 43.8 Å². The van der Waals surface area contributed by atoms with Gasteiger partial charge in [-0.05, 0) is 50.1 Å². The number of hydrogen-bond acceptors (Lipinski definition) is 7. The average molecular weight is 480 g/mol. The van der Waals surface area contributed by atoms with E-state index >= 15 is 0 Å². The van der Waals surface area contributed by atoms with Crippen molar-refractivity contribution in [3.63, 3.8) is 0 Å². The number of benzene rings is 1. The molecule has 2 saturated heterocycles. The van der Waals surface area contributed by atoms with Crippen LogP contribution < -0.4 is 10.3 Å². The van der Waals surface area contributed by atoms with Crippen molar-refractivity contribution in [2.45, 2.75) is 25.9 Å². The maximum absolute atomic E-state index is 13.3. The van der Waals surface area contributed by atoms with Gasteiger partial charge in [0.2, 0.25) is 5.88 Å². The van der Waals surface area contributed by atoms with E-state index in [1.807, 2.05) is 31.2 Å². The SMILES string of the molecule is Cc1ccc(Oc2nc3ccccn3c(=O)c2/C=C2\SC(=S)N(C[C@@H]3CCCO3)C2=O)cc1. The van der Waals surface area contributed by atoms with Gasteiger partial charge < -0.3 is 9.47 Å². The molecule has 4 heterocycles. The molecule has 2 aromatic heterocycles. The van der Waals surface area contributed by atoms with Crippen LogP contribution in [0.5, 0.6) is 11.6 Å². The van der Waals surface area contributed by atoms with Crippen LogP contribution in [0.1, 0.15) is 24.0 Å². The highest BCUT2D eigenvalue weighted by Crippen LogP contribution is 2.35. The van der Waals surface area contributed by atoms with Gasteiger partial charge >= 0.3 is 0 Å². The summed E-state index contributed by atoms with van der Waals surface area (Å²) in [5.41, 5.74) is 1.40. The lowest BCUT2D eigenvalue weighted by atomic mass is 10.2. The predicted molar refractivity (Wildman–Crippen MR) is 132 cm³/mol. The second kappa shape index (κ2) is 9.09. The number of pyridine rings is 1. The summed E-state index contributed by atoms with van der Waals surface area (Å²) in [5, 5.41) is 0. The number of ether oxygens (including phenoxy) is 2. The monoisotopic (exact) mass is 479 g/mol.